The molecule has 1 aliphatic rings. The van der Waals surface area contributed by atoms with E-state index in [9.17, 15) is 10.2 Å². The molecule has 0 radical (unpaired) electrons. The quantitative estimate of drug-likeness (QED) is 0.137. The molecule has 5 N–H and O–H groups in total. The van der Waals surface area contributed by atoms with Crippen molar-refractivity contribution in [3.63, 3.8) is 0 Å². The highest BCUT2D eigenvalue weighted by molar-refractivity contribution is 5.25. The van der Waals surface area contributed by atoms with Crippen LogP contribution in [0.3, 0.4) is 0 Å². The number of allylic oxidation sites excluding steroid dienone is 5. The fraction of sp³-hybridized carbons (Fsp3) is 0.378. The van der Waals surface area contributed by atoms with E-state index in [1.165, 1.54) is 16.7 Å². The molecule has 0 amide bonds. The van der Waals surface area contributed by atoms with Crippen LogP contribution in [0, 0.1) is 0 Å². The number of rotatable bonds is 18. The Labute approximate surface area is 263 Å². The fourth-order valence-corrected chi connectivity index (χ4v) is 5.22. The van der Waals surface area contributed by atoms with E-state index >= 15 is 0 Å². The Morgan fingerprint density at radius 3 is 2.23 bits per heavy atom. The summed E-state index contributed by atoms with van der Waals surface area (Å²) in [5.41, 5.74) is 7.10. The summed E-state index contributed by atoms with van der Waals surface area (Å²) in [6, 6.07) is 23.7. The van der Waals surface area contributed by atoms with Crippen molar-refractivity contribution in [3.05, 3.63) is 137 Å². The van der Waals surface area contributed by atoms with E-state index < -0.39 is 12.1 Å². The molecule has 1 aliphatic carbocycles. The summed E-state index contributed by atoms with van der Waals surface area (Å²) in [6.45, 7) is 8.85. The van der Waals surface area contributed by atoms with E-state index in [4.69, 9.17) is 0 Å². The highest BCUT2D eigenvalue weighted by Crippen LogP contribution is 2.17. The third-order valence-corrected chi connectivity index (χ3v) is 7.97. The molecule has 3 aromatic rings. The summed E-state index contributed by atoms with van der Waals surface area (Å²) in [5.74, 6) is 0. The molecule has 1 unspecified atom stereocenters. The normalized spacial score (nSPS) is 18.0. The number of aliphatic hydroxyl groups is 2. The van der Waals surface area contributed by atoms with Gasteiger partial charge in [-0.05, 0) is 48.6 Å². The van der Waals surface area contributed by atoms with Crippen molar-refractivity contribution in [3.8, 4) is 0 Å². The summed E-state index contributed by atoms with van der Waals surface area (Å²) < 4.78 is 0. The molecule has 1 aromatic heterocycles. The van der Waals surface area contributed by atoms with E-state index in [1.807, 2.05) is 54.7 Å². The highest BCUT2D eigenvalue weighted by atomic mass is 16.3. The van der Waals surface area contributed by atoms with Gasteiger partial charge in [-0.1, -0.05) is 96.1 Å². The topological polar surface area (TPSA) is 92.7 Å². The molecule has 0 bridgehead atoms. The molecule has 0 saturated heterocycles. The maximum Gasteiger partial charge on any atom is 0.0965 e. The fourth-order valence-electron chi connectivity index (χ4n) is 5.22. The van der Waals surface area contributed by atoms with Gasteiger partial charge in [0.1, 0.15) is 0 Å². The van der Waals surface area contributed by atoms with E-state index in [0.29, 0.717) is 6.54 Å². The largest absolute Gasteiger partial charge is 0.395 e. The number of hydrogen-bond acceptors (Lipinski definition) is 7. The smallest absolute Gasteiger partial charge is 0.0965 e. The second kappa shape index (κ2) is 19.1. The van der Waals surface area contributed by atoms with Crippen LogP contribution in [-0.4, -0.2) is 65.5 Å². The third kappa shape index (κ3) is 11.9. The van der Waals surface area contributed by atoms with Gasteiger partial charge < -0.3 is 26.2 Å². The first-order chi connectivity index (χ1) is 21.6. The predicted octanol–water partition coefficient (Wildman–Crippen LogP) is 4.67. The first kappa shape index (κ1) is 33.5. The first-order valence-corrected chi connectivity index (χ1v) is 15.8. The SMILES string of the molecule is C\C1=C/C=C\C=C(\CNCCN(CCNCc2ccccn2)Cc2ccc(CNC(CO)[C@H](O)c3ccccc3)cc2)CC1. The summed E-state index contributed by atoms with van der Waals surface area (Å²) in [7, 11) is 0. The van der Waals surface area contributed by atoms with Gasteiger partial charge >= 0.3 is 0 Å². The minimum absolute atomic E-state index is 0.143. The summed E-state index contributed by atoms with van der Waals surface area (Å²) in [4.78, 5) is 6.91. The first-order valence-electron chi connectivity index (χ1n) is 15.8. The van der Waals surface area contributed by atoms with Gasteiger partial charge in [0.15, 0.2) is 0 Å². The monoisotopic (exact) mass is 595 g/mol. The van der Waals surface area contributed by atoms with Crippen LogP contribution in [0.25, 0.3) is 0 Å². The summed E-state index contributed by atoms with van der Waals surface area (Å²) in [5, 5.41) is 31.1. The van der Waals surface area contributed by atoms with E-state index in [2.05, 4.69) is 81.3 Å². The number of aromatic nitrogens is 1. The highest BCUT2D eigenvalue weighted by Gasteiger charge is 2.19. The Morgan fingerprint density at radius 2 is 1.50 bits per heavy atom. The van der Waals surface area contributed by atoms with Crippen LogP contribution in [-0.2, 0) is 19.6 Å². The van der Waals surface area contributed by atoms with Crippen molar-refractivity contribution in [2.75, 3.05) is 39.3 Å². The maximum atomic E-state index is 10.7. The van der Waals surface area contributed by atoms with Crippen LogP contribution >= 0.6 is 0 Å². The minimum Gasteiger partial charge on any atom is -0.395 e. The van der Waals surface area contributed by atoms with Crippen molar-refractivity contribution < 1.29 is 10.2 Å². The van der Waals surface area contributed by atoms with Crippen molar-refractivity contribution >= 4 is 0 Å². The molecule has 7 heteroatoms. The Balaban J connectivity index is 1.27. The lowest BCUT2D eigenvalue weighted by molar-refractivity contribution is 0.0892. The standard InChI is InChI=1S/C37H49N5O2/c1-30-9-5-6-10-31(15-14-30)25-38-21-23-42(24-22-39-27-35-13-7-8-20-40-35)28-33-18-16-32(17-19-33)26-41-36(29-43)37(44)34-11-3-2-4-12-34/h2-13,16-20,36-39,41,43-44H,14-15,21-29H2,1H3/b6-5-,30-9+,31-10+/t36?,37-/m1/s1. The molecule has 2 atom stereocenters. The van der Waals surface area contributed by atoms with Gasteiger partial charge in [-0.2, -0.15) is 0 Å². The van der Waals surface area contributed by atoms with Crippen LogP contribution in [0.4, 0.5) is 0 Å². The molecule has 1 heterocycles. The summed E-state index contributed by atoms with van der Waals surface area (Å²) >= 11 is 0. The number of nitrogens with zero attached hydrogens (tertiary/aromatic N) is 2. The zero-order chi connectivity index (χ0) is 30.8. The Morgan fingerprint density at radius 1 is 0.795 bits per heavy atom. The lowest BCUT2D eigenvalue weighted by Gasteiger charge is -2.24. The third-order valence-electron chi connectivity index (χ3n) is 7.97. The molecule has 0 aliphatic heterocycles. The zero-order valence-corrected chi connectivity index (χ0v) is 26.0. The number of nitrogens with one attached hydrogen (secondary N) is 3. The number of benzene rings is 2. The predicted molar refractivity (Wildman–Crippen MR) is 180 cm³/mol. The molecule has 0 saturated carbocycles. The second-order valence-corrected chi connectivity index (χ2v) is 11.5. The number of hydrogen-bond donors (Lipinski definition) is 5. The molecule has 7 nitrogen and oxygen atoms in total. The van der Waals surface area contributed by atoms with Gasteiger partial charge in [-0.25, -0.2) is 0 Å². The average Bonchev–Trinajstić information content (AvgIpc) is 3.05. The van der Waals surface area contributed by atoms with Crippen LogP contribution in [0.2, 0.25) is 0 Å². The van der Waals surface area contributed by atoms with Crippen LogP contribution < -0.4 is 16.0 Å². The van der Waals surface area contributed by atoms with Gasteiger partial charge in [0, 0.05) is 58.6 Å². The van der Waals surface area contributed by atoms with Crippen molar-refractivity contribution in [1.29, 1.82) is 0 Å². The van der Waals surface area contributed by atoms with E-state index in [0.717, 1.165) is 75.5 Å². The molecule has 44 heavy (non-hydrogen) atoms. The van der Waals surface area contributed by atoms with E-state index in [1.54, 1.807) is 0 Å². The van der Waals surface area contributed by atoms with Gasteiger partial charge in [0.05, 0.1) is 24.4 Å². The minimum atomic E-state index is -0.769. The molecule has 234 valence electrons. The lowest BCUT2D eigenvalue weighted by Crippen LogP contribution is -2.37. The number of pyridine rings is 1. The lowest BCUT2D eigenvalue weighted by atomic mass is 10.0. The van der Waals surface area contributed by atoms with Crippen molar-refractivity contribution in [2.45, 2.75) is 51.5 Å². The average molecular weight is 596 g/mol. The van der Waals surface area contributed by atoms with E-state index in [-0.39, 0.29) is 6.61 Å². The molecular weight excluding hydrogens is 546 g/mol. The molecule has 2 aromatic carbocycles. The van der Waals surface area contributed by atoms with Crippen LogP contribution in [0.1, 0.15) is 48.3 Å². The van der Waals surface area contributed by atoms with Gasteiger partial charge in [-0.3, -0.25) is 9.88 Å². The van der Waals surface area contributed by atoms with Gasteiger partial charge in [0.25, 0.3) is 0 Å². The van der Waals surface area contributed by atoms with Crippen LogP contribution in [0.5, 0.6) is 0 Å². The molecule has 4 rings (SSSR count). The molecule has 0 spiro atoms. The van der Waals surface area contributed by atoms with Crippen LogP contribution in [0.15, 0.2) is 114 Å². The Bertz CT molecular complexity index is 1310. The Kier molecular flexibility index (Phi) is 14.5. The van der Waals surface area contributed by atoms with Crippen molar-refractivity contribution in [2.24, 2.45) is 0 Å². The van der Waals surface area contributed by atoms with Gasteiger partial charge in [-0.15, -0.1) is 0 Å². The summed E-state index contributed by atoms with van der Waals surface area (Å²) in [6.07, 6.45) is 12.0. The maximum absolute atomic E-state index is 10.7. The molecule has 0 fully saturated rings. The number of aliphatic hydroxyl groups excluding tert-OH is 2. The Hall–Kier alpha value is -3.43. The zero-order valence-electron chi connectivity index (χ0n) is 26.0. The molecular formula is C37H49N5O2. The van der Waals surface area contributed by atoms with Crippen molar-refractivity contribution in [1.82, 2.24) is 25.8 Å². The second-order valence-electron chi connectivity index (χ2n) is 11.5. The van der Waals surface area contributed by atoms with Gasteiger partial charge in [0.2, 0.25) is 0 Å².